The lowest BCUT2D eigenvalue weighted by Crippen LogP contribution is -3.09. The van der Waals surface area contributed by atoms with Crippen LogP contribution in [0.3, 0.4) is 0 Å². The summed E-state index contributed by atoms with van der Waals surface area (Å²) in [6, 6.07) is 28.3. The van der Waals surface area contributed by atoms with E-state index in [0.717, 1.165) is 24.5 Å². The average molecular weight is 391 g/mol. The van der Waals surface area contributed by atoms with Crippen LogP contribution in [0.2, 0.25) is 0 Å². The molecule has 3 nitrogen and oxygen atoms in total. The molecule has 0 aromatic heterocycles. The van der Waals surface area contributed by atoms with Gasteiger partial charge in [0.2, 0.25) is 0 Å². The average Bonchev–Trinajstić information content (AvgIpc) is 2.79. The van der Waals surface area contributed by atoms with Crippen molar-refractivity contribution >= 4 is 0 Å². The maximum Gasteiger partial charge on any atom is 0.161 e. The molecule has 0 heterocycles. The van der Waals surface area contributed by atoms with Crippen molar-refractivity contribution in [3.8, 4) is 11.5 Å². The van der Waals surface area contributed by atoms with Gasteiger partial charge in [0.1, 0.15) is 6.04 Å². The standard InChI is InChI=1S/C26H31NO2/c1-20(23-15-16-25(28-3)26(19-23)29-4)27(2)18-17-24(21-11-7-5-8-12-21)22-13-9-6-10-14-22/h5-16,19-20,24H,17-18H2,1-4H3/p+1/t20-/m1/s1. The fraction of sp³-hybridized carbons (Fsp3) is 0.308. The molecule has 0 fully saturated rings. The molecule has 2 atom stereocenters. The predicted octanol–water partition coefficient (Wildman–Crippen LogP) is 4.50. The van der Waals surface area contributed by atoms with Crippen molar-refractivity contribution in [3.05, 3.63) is 95.6 Å². The van der Waals surface area contributed by atoms with Crippen LogP contribution in [-0.4, -0.2) is 27.8 Å². The van der Waals surface area contributed by atoms with Crippen LogP contribution in [0, 0.1) is 0 Å². The molecule has 3 heteroatoms. The molecule has 0 radical (unpaired) electrons. The minimum atomic E-state index is 0.363. The first kappa shape index (κ1) is 20.9. The van der Waals surface area contributed by atoms with Crippen LogP contribution in [0.4, 0.5) is 0 Å². The molecule has 0 saturated carbocycles. The van der Waals surface area contributed by atoms with E-state index in [0.29, 0.717) is 12.0 Å². The summed E-state index contributed by atoms with van der Waals surface area (Å²) < 4.78 is 10.9. The van der Waals surface area contributed by atoms with Crippen LogP contribution in [0.5, 0.6) is 11.5 Å². The van der Waals surface area contributed by atoms with Crippen LogP contribution < -0.4 is 14.4 Å². The third-order valence-corrected chi connectivity index (χ3v) is 5.88. The lowest BCUT2D eigenvalue weighted by Gasteiger charge is -2.25. The molecule has 0 spiro atoms. The zero-order chi connectivity index (χ0) is 20.6. The molecule has 152 valence electrons. The normalized spacial score (nSPS) is 13.1. The molecule has 3 aromatic carbocycles. The minimum Gasteiger partial charge on any atom is -0.493 e. The van der Waals surface area contributed by atoms with Crippen LogP contribution in [-0.2, 0) is 0 Å². The largest absolute Gasteiger partial charge is 0.493 e. The summed E-state index contributed by atoms with van der Waals surface area (Å²) in [5.41, 5.74) is 4.02. The third kappa shape index (κ3) is 5.18. The van der Waals surface area contributed by atoms with Crippen molar-refractivity contribution < 1.29 is 14.4 Å². The van der Waals surface area contributed by atoms with Gasteiger partial charge in [-0.2, -0.15) is 0 Å². The highest BCUT2D eigenvalue weighted by atomic mass is 16.5. The summed E-state index contributed by atoms with van der Waals surface area (Å²) in [7, 11) is 5.63. The second-order valence-electron chi connectivity index (χ2n) is 7.60. The maximum atomic E-state index is 5.49. The topological polar surface area (TPSA) is 22.9 Å². The third-order valence-electron chi connectivity index (χ3n) is 5.88. The van der Waals surface area contributed by atoms with Gasteiger partial charge in [-0.25, -0.2) is 0 Å². The van der Waals surface area contributed by atoms with Gasteiger partial charge in [-0.05, 0) is 36.2 Å². The van der Waals surface area contributed by atoms with Gasteiger partial charge in [-0.3, -0.25) is 0 Å². The molecular formula is C26H32NO2+. The molecule has 1 unspecified atom stereocenters. The fourth-order valence-electron chi connectivity index (χ4n) is 3.89. The lowest BCUT2D eigenvalue weighted by atomic mass is 9.88. The number of hydrogen-bond donors (Lipinski definition) is 1. The van der Waals surface area contributed by atoms with Crippen molar-refractivity contribution in [1.82, 2.24) is 0 Å². The number of hydrogen-bond acceptors (Lipinski definition) is 2. The Morgan fingerprint density at radius 2 is 1.28 bits per heavy atom. The molecule has 3 rings (SSSR count). The van der Waals surface area contributed by atoms with Crippen molar-refractivity contribution in [1.29, 1.82) is 0 Å². The van der Waals surface area contributed by atoms with Crippen molar-refractivity contribution in [2.45, 2.75) is 25.3 Å². The minimum absolute atomic E-state index is 0.363. The highest BCUT2D eigenvalue weighted by Crippen LogP contribution is 2.30. The second-order valence-corrected chi connectivity index (χ2v) is 7.60. The molecule has 3 aromatic rings. The number of quaternary nitrogens is 1. The van der Waals surface area contributed by atoms with Crippen molar-refractivity contribution in [2.75, 3.05) is 27.8 Å². The predicted molar refractivity (Wildman–Crippen MR) is 119 cm³/mol. The quantitative estimate of drug-likeness (QED) is 0.581. The molecule has 0 bridgehead atoms. The summed E-state index contributed by atoms with van der Waals surface area (Å²) in [6.45, 7) is 3.35. The van der Waals surface area contributed by atoms with E-state index in [-0.39, 0.29) is 0 Å². The Balaban J connectivity index is 1.74. The van der Waals surface area contributed by atoms with E-state index in [1.165, 1.54) is 21.6 Å². The van der Waals surface area contributed by atoms with Gasteiger partial charge in [0, 0.05) is 17.9 Å². The molecule has 0 saturated heterocycles. The van der Waals surface area contributed by atoms with Gasteiger partial charge >= 0.3 is 0 Å². The maximum absolute atomic E-state index is 5.49. The van der Waals surface area contributed by atoms with Gasteiger partial charge in [0.15, 0.2) is 11.5 Å². The Morgan fingerprint density at radius 3 is 1.79 bits per heavy atom. The van der Waals surface area contributed by atoms with Crippen LogP contribution in [0.15, 0.2) is 78.9 Å². The SMILES string of the molecule is COc1ccc([C@@H](C)[NH+](C)CCC(c2ccccc2)c2ccccc2)cc1OC. The summed E-state index contributed by atoms with van der Waals surface area (Å²) >= 11 is 0. The number of nitrogens with one attached hydrogen (secondary N) is 1. The Kier molecular flexibility index (Phi) is 7.31. The molecule has 29 heavy (non-hydrogen) atoms. The summed E-state index contributed by atoms with van der Waals surface area (Å²) in [6.07, 6.45) is 1.09. The molecule has 1 N–H and O–H groups in total. The zero-order valence-corrected chi connectivity index (χ0v) is 17.9. The first-order valence-electron chi connectivity index (χ1n) is 10.3. The number of rotatable bonds is 9. The molecular weight excluding hydrogens is 358 g/mol. The Bertz CT molecular complexity index is 840. The summed E-state index contributed by atoms with van der Waals surface area (Å²) in [5, 5.41) is 0. The van der Waals surface area contributed by atoms with Crippen molar-refractivity contribution in [2.24, 2.45) is 0 Å². The molecule has 0 aliphatic carbocycles. The number of benzene rings is 3. The zero-order valence-electron chi connectivity index (χ0n) is 17.9. The van der Waals surface area contributed by atoms with Crippen LogP contribution in [0.25, 0.3) is 0 Å². The second kappa shape index (κ2) is 10.1. The Hall–Kier alpha value is -2.78. The first-order valence-corrected chi connectivity index (χ1v) is 10.3. The monoisotopic (exact) mass is 390 g/mol. The van der Waals surface area contributed by atoms with Gasteiger partial charge in [0.05, 0.1) is 27.8 Å². The first-order chi connectivity index (χ1) is 14.1. The Labute approximate surface area is 174 Å². The molecule has 0 aliphatic heterocycles. The van der Waals surface area contributed by atoms with E-state index in [1.807, 2.05) is 6.07 Å². The van der Waals surface area contributed by atoms with Crippen LogP contribution in [0.1, 0.15) is 42.0 Å². The van der Waals surface area contributed by atoms with E-state index in [1.54, 1.807) is 14.2 Å². The number of methoxy groups -OCH3 is 2. The van der Waals surface area contributed by atoms with Gasteiger partial charge < -0.3 is 14.4 Å². The molecule has 0 amide bonds. The highest BCUT2D eigenvalue weighted by Gasteiger charge is 2.21. The van der Waals surface area contributed by atoms with E-state index in [4.69, 9.17) is 9.47 Å². The lowest BCUT2D eigenvalue weighted by molar-refractivity contribution is -0.910. The van der Waals surface area contributed by atoms with E-state index in [2.05, 4.69) is 86.8 Å². The van der Waals surface area contributed by atoms with Crippen molar-refractivity contribution in [3.63, 3.8) is 0 Å². The van der Waals surface area contributed by atoms with Gasteiger partial charge in [-0.1, -0.05) is 60.7 Å². The number of ether oxygens (including phenoxy) is 2. The van der Waals surface area contributed by atoms with Gasteiger partial charge in [0.25, 0.3) is 0 Å². The van der Waals surface area contributed by atoms with E-state index in [9.17, 15) is 0 Å². The highest BCUT2D eigenvalue weighted by molar-refractivity contribution is 5.43. The van der Waals surface area contributed by atoms with E-state index < -0.39 is 0 Å². The van der Waals surface area contributed by atoms with E-state index >= 15 is 0 Å². The summed E-state index contributed by atoms with van der Waals surface area (Å²) in [5.74, 6) is 1.97. The Morgan fingerprint density at radius 1 is 0.724 bits per heavy atom. The summed E-state index contributed by atoms with van der Waals surface area (Å²) in [4.78, 5) is 1.48. The smallest absolute Gasteiger partial charge is 0.161 e. The van der Waals surface area contributed by atoms with Gasteiger partial charge in [-0.15, -0.1) is 0 Å². The van der Waals surface area contributed by atoms with Crippen LogP contribution >= 0.6 is 0 Å². The fourth-order valence-corrected chi connectivity index (χ4v) is 3.89. The molecule has 0 aliphatic rings.